The van der Waals surface area contributed by atoms with Crippen molar-refractivity contribution in [2.75, 3.05) is 0 Å². The molecule has 1 aromatic heterocycles. The van der Waals surface area contributed by atoms with E-state index < -0.39 is 12.0 Å². The van der Waals surface area contributed by atoms with Crippen molar-refractivity contribution < 1.29 is 4.39 Å². The van der Waals surface area contributed by atoms with Crippen LogP contribution in [0, 0.1) is 0 Å². The van der Waals surface area contributed by atoms with E-state index in [4.69, 9.17) is 11.5 Å². The molecule has 3 rings (SSSR count). The lowest BCUT2D eigenvalue weighted by Gasteiger charge is -2.22. The number of nitrogens with one attached hydrogen (secondary N) is 1. The lowest BCUT2D eigenvalue weighted by molar-refractivity contribution is 0.347. The van der Waals surface area contributed by atoms with Crippen LogP contribution in [-0.2, 0) is 5.67 Å². The van der Waals surface area contributed by atoms with Crippen molar-refractivity contribution in [3.63, 3.8) is 0 Å². The first-order valence-corrected chi connectivity index (χ1v) is 5.48. The van der Waals surface area contributed by atoms with Crippen LogP contribution in [0.15, 0.2) is 16.1 Å². The highest BCUT2D eigenvalue weighted by Gasteiger charge is 2.41. The summed E-state index contributed by atoms with van der Waals surface area (Å²) in [6.07, 6.45) is 2.49. The van der Waals surface area contributed by atoms with Crippen LogP contribution in [0.5, 0.6) is 0 Å². The van der Waals surface area contributed by atoms with E-state index in [1.165, 1.54) is 0 Å². The molecule has 7 heteroatoms. The maximum absolute atomic E-state index is 14.6. The first-order chi connectivity index (χ1) is 8.09. The van der Waals surface area contributed by atoms with E-state index in [-0.39, 0.29) is 11.5 Å². The molecule has 0 bridgehead atoms. The van der Waals surface area contributed by atoms with Crippen molar-refractivity contribution in [1.82, 2.24) is 10.2 Å². The van der Waals surface area contributed by atoms with Crippen molar-refractivity contribution in [3.05, 3.63) is 17.5 Å². The number of H-pyrrole nitrogens is 1. The van der Waals surface area contributed by atoms with Crippen LogP contribution in [-0.4, -0.2) is 28.5 Å². The van der Waals surface area contributed by atoms with E-state index in [0.717, 1.165) is 24.8 Å². The van der Waals surface area contributed by atoms with Crippen molar-refractivity contribution >= 4 is 12.1 Å². The second-order valence-electron chi connectivity index (χ2n) is 4.40. The SMILES string of the molecule is NC1=NC(N)N=CC1(F)c1cc(C2CC2)[nH]n1. The zero-order valence-corrected chi connectivity index (χ0v) is 9.10. The average Bonchev–Trinajstić information content (AvgIpc) is 3.02. The summed E-state index contributed by atoms with van der Waals surface area (Å²) in [4.78, 5) is 7.46. The maximum atomic E-state index is 14.6. The Morgan fingerprint density at radius 1 is 1.47 bits per heavy atom. The first-order valence-electron chi connectivity index (χ1n) is 5.48. The average molecular weight is 236 g/mol. The summed E-state index contributed by atoms with van der Waals surface area (Å²) < 4.78 is 14.6. The van der Waals surface area contributed by atoms with Gasteiger partial charge < -0.3 is 5.73 Å². The van der Waals surface area contributed by atoms with Gasteiger partial charge in [0.25, 0.3) is 0 Å². The molecule has 17 heavy (non-hydrogen) atoms. The van der Waals surface area contributed by atoms with E-state index in [0.29, 0.717) is 5.92 Å². The minimum atomic E-state index is -2.04. The minimum Gasteiger partial charge on any atom is -0.384 e. The number of aromatic amines is 1. The predicted molar refractivity (Wildman–Crippen MR) is 61.4 cm³/mol. The zero-order valence-electron chi connectivity index (χ0n) is 9.10. The molecule has 1 aliphatic carbocycles. The zero-order chi connectivity index (χ0) is 12.0. The largest absolute Gasteiger partial charge is 0.384 e. The molecule has 2 unspecified atom stereocenters. The number of nitrogens with two attached hydrogens (primary N) is 2. The smallest absolute Gasteiger partial charge is 0.245 e. The molecular formula is C10H13FN6. The number of aromatic nitrogens is 2. The van der Waals surface area contributed by atoms with Crippen molar-refractivity contribution in [3.8, 4) is 0 Å². The van der Waals surface area contributed by atoms with Gasteiger partial charge in [0.15, 0.2) is 6.29 Å². The fourth-order valence-electron chi connectivity index (χ4n) is 1.84. The normalized spacial score (nSPS) is 32.6. The molecule has 2 atom stereocenters. The Kier molecular flexibility index (Phi) is 2.06. The van der Waals surface area contributed by atoms with Crippen molar-refractivity contribution in [2.45, 2.75) is 30.7 Å². The molecular weight excluding hydrogens is 223 g/mol. The maximum Gasteiger partial charge on any atom is 0.245 e. The van der Waals surface area contributed by atoms with Gasteiger partial charge >= 0.3 is 0 Å². The van der Waals surface area contributed by atoms with Crippen LogP contribution in [0.4, 0.5) is 4.39 Å². The number of amidine groups is 1. The van der Waals surface area contributed by atoms with Gasteiger partial charge in [0.1, 0.15) is 11.5 Å². The Bertz CT molecular complexity index is 503. The van der Waals surface area contributed by atoms with Gasteiger partial charge in [0.2, 0.25) is 5.67 Å². The molecule has 0 radical (unpaired) electrons. The molecule has 6 nitrogen and oxygen atoms in total. The summed E-state index contributed by atoms with van der Waals surface area (Å²) >= 11 is 0. The molecule has 5 N–H and O–H groups in total. The molecule has 0 spiro atoms. The predicted octanol–water partition coefficient (Wildman–Crippen LogP) is 0.136. The molecule has 0 aromatic carbocycles. The number of hydrogen-bond acceptors (Lipinski definition) is 5. The standard InChI is InChI=1S/C10H13FN6/c11-10(4-14-9(13)15-8(10)12)7-3-6(16-17-7)5-1-2-5/h3-5,9H,1-2,13H2,(H2,12,15)(H,16,17). The number of hydrogen-bond donors (Lipinski definition) is 3. The first kappa shape index (κ1) is 10.4. The van der Waals surface area contributed by atoms with E-state index >= 15 is 0 Å². The summed E-state index contributed by atoms with van der Waals surface area (Å²) in [5.41, 5.74) is 10.1. The Labute approximate surface area is 97.0 Å². The summed E-state index contributed by atoms with van der Waals surface area (Å²) in [5, 5.41) is 6.78. The molecule has 90 valence electrons. The number of alkyl halides is 1. The molecule has 2 aliphatic rings. The number of aliphatic imine (C=N–C) groups is 2. The number of halogens is 1. The second kappa shape index (κ2) is 3.36. The van der Waals surface area contributed by atoms with Gasteiger partial charge in [-0.2, -0.15) is 5.10 Å². The highest BCUT2D eigenvalue weighted by atomic mass is 19.1. The quantitative estimate of drug-likeness (QED) is 0.679. The van der Waals surface area contributed by atoms with Gasteiger partial charge in [0.05, 0.1) is 6.21 Å². The topological polar surface area (TPSA) is 105 Å². The third-order valence-corrected chi connectivity index (χ3v) is 3.04. The van der Waals surface area contributed by atoms with Crippen LogP contribution in [0.1, 0.15) is 30.1 Å². The van der Waals surface area contributed by atoms with Crippen LogP contribution in [0.2, 0.25) is 0 Å². The van der Waals surface area contributed by atoms with Crippen LogP contribution in [0.25, 0.3) is 0 Å². The Morgan fingerprint density at radius 3 is 2.88 bits per heavy atom. The lowest BCUT2D eigenvalue weighted by Crippen LogP contribution is -2.44. The van der Waals surface area contributed by atoms with E-state index in [1.807, 2.05) is 0 Å². The molecule has 1 aliphatic heterocycles. The highest BCUT2D eigenvalue weighted by molar-refractivity contribution is 6.05. The van der Waals surface area contributed by atoms with Gasteiger partial charge in [-0.15, -0.1) is 0 Å². The summed E-state index contributed by atoms with van der Waals surface area (Å²) in [7, 11) is 0. The molecule has 1 fully saturated rings. The third-order valence-electron chi connectivity index (χ3n) is 3.04. The number of nitrogens with zero attached hydrogens (tertiary/aromatic N) is 3. The van der Waals surface area contributed by atoms with Crippen LogP contribution >= 0.6 is 0 Å². The van der Waals surface area contributed by atoms with Crippen molar-refractivity contribution in [1.29, 1.82) is 0 Å². The molecule has 1 saturated carbocycles. The van der Waals surface area contributed by atoms with Gasteiger partial charge in [0, 0.05) is 11.6 Å². The minimum absolute atomic E-state index is 0.191. The van der Waals surface area contributed by atoms with Gasteiger partial charge in [-0.1, -0.05) is 0 Å². The fraction of sp³-hybridized carbons (Fsp3) is 0.500. The summed E-state index contributed by atoms with van der Waals surface area (Å²) in [6.45, 7) is 0. The molecule has 0 amide bonds. The number of rotatable bonds is 2. The van der Waals surface area contributed by atoms with Crippen molar-refractivity contribution in [2.24, 2.45) is 21.5 Å². The van der Waals surface area contributed by atoms with Gasteiger partial charge in [-0.3, -0.25) is 15.8 Å². The monoisotopic (exact) mass is 236 g/mol. The van der Waals surface area contributed by atoms with E-state index in [1.54, 1.807) is 6.07 Å². The fourth-order valence-corrected chi connectivity index (χ4v) is 1.84. The molecule has 1 aromatic rings. The van der Waals surface area contributed by atoms with E-state index in [9.17, 15) is 4.39 Å². The van der Waals surface area contributed by atoms with Crippen LogP contribution < -0.4 is 11.5 Å². The summed E-state index contributed by atoms with van der Waals surface area (Å²) in [6, 6.07) is 1.68. The molecule has 0 saturated heterocycles. The second-order valence-corrected chi connectivity index (χ2v) is 4.40. The lowest BCUT2D eigenvalue weighted by atomic mass is 10.0. The van der Waals surface area contributed by atoms with Gasteiger partial charge in [-0.25, -0.2) is 9.38 Å². The summed E-state index contributed by atoms with van der Waals surface area (Å²) in [5.74, 6) is 0.273. The van der Waals surface area contributed by atoms with Crippen LogP contribution in [0.3, 0.4) is 0 Å². The molecule has 2 heterocycles. The van der Waals surface area contributed by atoms with E-state index in [2.05, 4.69) is 20.2 Å². The highest BCUT2D eigenvalue weighted by Crippen LogP contribution is 2.40. The Hall–Kier alpha value is -1.76. The Morgan fingerprint density at radius 2 is 2.24 bits per heavy atom. The Balaban J connectivity index is 1.95. The third kappa shape index (κ3) is 1.62. The van der Waals surface area contributed by atoms with Gasteiger partial charge in [-0.05, 0) is 18.9 Å².